The second-order valence-corrected chi connectivity index (χ2v) is 2.54. The van der Waals surface area contributed by atoms with Crippen LogP contribution in [0.25, 0.3) is 0 Å². The van der Waals surface area contributed by atoms with E-state index >= 15 is 0 Å². The van der Waals surface area contributed by atoms with Crippen molar-refractivity contribution in [3.8, 4) is 0 Å². The van der Waals surface area contributed by atoms with E-state index in [2.05, 4.69) is 0 Å². The van der Waals surface area contributed by atoms with Crippen molar-refractivity contribution in [1.29, 1.82) is 0 Å². The molecular formula is C4H4F3I. The van der Waals surface area contributed by atoms with Crippen LogP contribution in [0.2, 0.25) is 0 Å². The first-order valence-electron chi connectivity index (χ1n) is 1.86. The van der Waals surface area contributed by atoms with Crippen LogP contribution >= 0.6 is 22.6 Å². The summed E-state index contributed by atoms with van der Waals surface area (Å²) in [7, 11) is 0. The topological polar surface area (TPSA) is 0 Å². The van der Waals surface area contributed by atoms with Crippen LogP contribution in [0.4, 0.5) is 13.2 Å². The summed E-state index contributed by atoms with van der Waals surface area (Å²) in [5, 5.41) is 0. The minimum atomic E-state index is -2.90. The number of halogens is 4. The average Bonchev–Trinajstić information content (AvgIpc) is 1.59. The molecule has 0 aliphatic carbocycles. The highest BCUT2D eigenvalue weighted by Gasteiger charge is 2.17. The van der Waals surface area contributed by atoms with Gasteiger partial charge in [0.1, 0.15) is 6.67 Å². The molecule has 0 rings (SSSR count). The molecule has 0 N–H and O–H groups in total. The number of alkyl halides is 4. The zero-order valence-electron chi connectivity index (χ0n) is 3.87. The molecule has 0 spiro atoms. The standard InChI is InChI=1S/C4H4F3I/c5-3-1-2-4(6,7)8/h1-2H,3H2. The van der Waals surface area contributed by atoms with E-state index in [0.717, 1.165) is 28.7 Å². The third kappa shape index (κ3) is 6.26. The summed E-state index contributed by atoms with van der Waals surface area (Å²) < 4.78 is 31.5. The number of allylic oxidation sites excluding steroid dienone is 2. The van der Waals surface area contributed by atoms with Gasteiger partial charge in [0.25, 0.3) is 0 Å². The molecular weight excluding hydrogens is 232 g/mol. The largest absolute Gasteiger partial charge is 0.314 e. The predicted octanol–water partition coefficient (Wildman–Crippen LogP) is 2.54. The summed E-state index contributed by atoms with van der Waals surface area (Å²) in [5.41, 5.74) is 0. The first-order chi connectivity index (χ1) is 3.56. The third-order valence-electron chi connectivity index (χ3n) is 0.396. The second-order valence-electron chi connectivity index (χ2n) is 1.10. The van der Waals surface area contributed by atoms with Gasteiger partial charge in [-0.25, -0.2) is 4.39 Å². The molecule has 0 nitrogen and oxygen atoms in total. The van der Waals surface area contributed by atoms with Gasteiger partial charge >= 0.3 is 3.93 Å². The van der Waals surface area contributed by atoms with Crippen LogP contribution < -0.4 is 0 Å². The number of hydrogen-bond donors (Lipinski definition) is 0. The first kappa shape index (κ1) is 8.26. The molecule has 0 aromatic rings. The van der Waals surface area contributed by atoms with Gasteiger partial charge in [-0.15, -0.1) is 0 Å². The van der Waals surface area contributed by atoms with Gasteiger partial charge in [-0.1, -0.05) is 6.08 Å². The molecule has 0 bridgehead atoms. The Morgan fingerprint density at radius 2 is 2.00 bits per heavy atom. The molecule has 8 heavy (non-hydrogen) atoms. The molecule has 0 heterocycles. The zero-order chi connectivity index (χ0) is 6.62. The van der Waals surface area contributed by atoms with E-state index in [-0.39, 0.29) is 0 Å². The summed E-state index contributed by atoms with van der Waals surface area (Å²) >= 11 is 0.913. The molecule has 0 saturated heterocycles. The predicted molar refractivity (Wildman–Crippen MR) is 34.1 cm³/mol. The van der Waals surface area contributed by atoms with Gasteiger partial charge in [-0.2, -0.15) is 8.78 Å². The molecule has 0 amide bonds. The molecule has 0 aromatic heterocycles. The maximum atomic E-state index is 11.6. The molecule has 0 radical (unpaired) electrons. The Kier molecular flexibility index (Phi) is 3.43. The van der Waals surface area contributed by atoms with E-state index < -0.39 is 10.6 Å². The molecule has 0 saturated carbocycles. The van der Waals surface area contributed by atoms with E-state index in [1.165, 1.54) is 0 Å². The molecule has 0 aromatic carbocycles. The van der Waals surface area contributed by atoms with Crippen LogP contribution in [0.1, 0.15) is 0 Å². The quantitative estimate of drug-likeness (QED) is 0.392. The third-order valence-corrected chi connectivity index (χ3v) is 0.756. The minimum Gasteiger partial charge on any atom is -0.247 e. The summed E-state index contributed by atoms with van der Waals surface area (Å²) in [6.07, 6.45) is 1.31. The Labute approximate surface area is 58.9 Å². The highest BCUT2D eigenvalue weighted by molar-refractivity contribution is 14.1. The normalized spacial score (nSPS) is 13.0. The lowest BCUT2D eigenvalue weighted by Crippen LogP contribution is -1.96. The molecule has 0 aliphatic rings. The van der Waals surface area contributed by atoms with Crippen LogP contribution in [0.15, 0.2) is 12.2 Å². The van der Waals surface area contributed by atoms with Gasteiger partial charge in [0.15, 0.2) is 0 Å². The van der Waals surface area contributed by atoms with Crippen molar-refractivity contribution in [2.24, 2.45) is 0 Å². The highest BCUT2D eigenvalue weighted by Crippen LogP contribution is 2.23. The lowest BCUT2D eigenvalue weighted by atomic mass is 10.5. The van der Waals surface area contributed by atoms with Gasteiger partial charge in [-0.05, 0) is 6.08 Å². The van der Waals surface area contributed by atoms with Crippen molar-refractivity contribution in [3.05, 3.63) is 12.2 Å². The average molecular weight is 236 g/mol. The Balaban J connectivity index is 3.52. The summed E-state index contributed by atoms with van der Waals surface area (Å²) in [5.74, 6) is 0. The first-order valence-corrected chi connectivity index (χ1v) is 2.94. The van der Waals surface area contributed by atoms with Gasteiger partial charge < -0.3 is 0 Å². The van der Waals surface area contributed by atoms with Crippen molar-refractivity contribution >= 4 is 22.6 Å². The maximum Gasteiger partial charge on any atom is 0.314 e. The van der Waals surface area contributed by atoms with Crippen molar-refractivity contribution in [3.63, 3.8) is 0 Å². The van der Waals surface area contributed by atoms with Crippen LogP contribution in [0, 0.1) is 0 Å². The summed E-state index contributed by atoms with van der Waals surface area (Å²) in [6, 6.07) is 0. The van der Waals surface area contributed by atoms with Crippen LogP contribution in [-0.2, 0) is 0 Å². The molecule has 48 valence electrons. The zero-order valence-corrected chi connectivity index (χ0v) is 6.03. The van der Waals surface area contributed by atoms with Gasteiger partial charge in [0.05, 0.1) is 0 Å². The monoisotopic (exact) mass is 236 g/mol. The van der Waals surface area contributed by atoms with Gasteiger partial charge in [0.2, 0.25) is 0 Å². The van der Waals surface area contributed by atoms with Crippen molar-refractivity contribution in [2.45, 2.75) is 3.93 Å². The van der Waals surface area contributed by atoms with Crippen molar-refractivity contribution in [1.82, 2.24) is 0 Å². The van der Waals surface area contributed by atoms with E-state index in [0.29, 0.717) is 6.08 Å². The fourth-order valence-electron chi connectivity index (χ4n) is 0.178. The van der Waals surface area contributed by atoms with E-state index in [1.807, 2.05) is 0 Å². The SMILES string of the molecule is FCC=CC(F)(F)I. The fourth-order valence-corrected chi connectivity index (χ4v) is 0.432. The maximum absolute atomic E-state index is 11.6. The van der Waals surface area contributed by atoms with Crippen LogP contribution in [-0.4, -0.2) is 10.6 Å². The van der Waals surface area contributed by atoms with E-state index in [4.69, 9.17) is 0 Å². The lowest BCUT2D eigenvalue weighted by molar-refractivity contribution is 0.183. The molecule has 0 fully saturated rings. The van der Waals surface area contributed by atoms with Crippen molar-refractivity contribution in [2.75, 3.05) is 6.67 Å². The fraction of sp³-hybridized carbons (Fsp3) is 0.500. The smallest absolute Gasteiger partial charge is 0.247 e. The molecule has 0 unspecified atom stereocenters. The van der Waals surface area contributed by atoms with Gasteiger partial charge in [0, 0.05) is 22.6 Å². The molecule has 0 aliphatic heterocycles. The molecule has 4 heteroatoms. The Morgan fingerprint density at radius 1 is 1.50 bits per heavy atom. The second kappa shape index (κ2) is 3.32. The van der Waals surface area contributed by atoms with Crippen LogP contribution in [0.3, 0.4) is 0 Å². The van der Waals surface area contributed by atoms with Crippen molar-refractivity contribution < 1.29 is 13.2 Å². The minimum absolute atomic E-state index is 0.521. The Morgan fingerprint density at radius 3 is 2.12 bits per heavy atom. The molecule has 0 atom stereocenters. The lowest BCUT2D eigenvalue weighted by Gasteiger charge is -1.96. The Bertz CT molecular complexity index is 83.8. The summed E-state index contributed by atoms with van der Waals surface area (Å²) in [6.45, 7) is -0.835. The van der Waals surface area contributed by atoms with Crippen LogP contribution in [0.5, 0.6) is 0 Å². The highest BCUT2D eigenvalue weighted by atomic mass is 127. The van der Waals surface area contributed by atoms with E-state index in [1.54, 1.807) is 0 Å². The number of rotatable bonds is 2. The summed E-state index contributed by atoms with van der Waals surface area (Å²) in [4.78, 5) is 0. The Hall–Kier alpha value is 0.260. The number of hydrogen-bond acceptors (Lipinski definition) is 0. The van der Waals surface area contributed by atoms with Gasteiger partial charge in [-0.3, -0.25) is 0 Å². The van der Waals surface area contributed by atoms with E-state index in [9.17, 15) is 13.2 Å².